The van der Waals surface area contributed by atoms with E-state index < -0.39 is 15.8 Å². The van der Waals surface area contributed by atoms with Gasteiger partial charge in [-0.1, -0.05) is 60.5 Å². The molecule has 0 spiro atoms. The fourth-order valence-corrected chi connectivity index (χ4v) is 8.12. The Morgan fingerprint density at radius 3 is 2.46 bits per heavy atom. The Hall–Kier alpha value is -3.62. The lowest BCUT2D eigenvalue weighted by Crippen LogP contribution is -2.37. The second kappa shape index (κ2) is 11.3. The van der Waals surface area contributed by atoms with Crippen molar-refractivity contribution in [3.05, 3.63) is 125 Å². The van der Waals surface area contributed by atoms with Crippen LogP contribution in [0.4, 0.5) is 8.78 Å². The Labute approximate surface area is 240 Å². The van der Waals surface area contributed by atoms with Crippen molar-refractivity contribution in [1.29, 1.82) is 0 Å². The Morgan fingerprint density at radius 2 is 1.71 bits per heavy atom. The van der Waals surface area contributed by atoms with Crippen LogP contribution in [0.15, 0.2) is 101 Å². The summed E-state index contributed by atoms with van der Waals surface area (Å²) < 4.78 is 59.4. The molecule has 2 aliphatic rings. The number of aromatic nitrogens is 2. The lowest BCUT2D eigenvalue weighted by Gasteiger charge is -2.31. The molecule has 2 atom stereocenters. The Bertz CT molecular complexity index is 1680. The zero-order chi connectivity index (χ0) is 28.6. The molecule has 2 aliphatic carbocycles. The predicted octanol–water partition coefficient (Wildman–Crippen LogP) is 6.84. The summed E-state index contributed by atoms with van der Waals surface area (Å²) >= 11 is 0. The van der Waals surface area contributed by atoms with Crippen LogP contribution >= 0.6 is 0 Å². The van der Waals surface area contributed by atoms with Crippen molar-refractivity contribution < 1.29 is 17.2 Å². The number of halogens is 2. The molecule has 6 rings (SSSR count). The molecule has 0 saturated carbocycles. The third-order valence-corrected chi connectivity index (χ3v) is 10.4. The van der Waals surface area contributed by atoms with E-state index in [2.05, 4.69) is 12.0 Å². The van der Waals surface area contributed by atoms with Gasteiger partial charge in [-0.25, -0.2) is 21.9 Å². The van der Waals surface area contributed by atoms with Crippen LogP contribution in [-0.4, -0.2) is 35.6 Å². The summed E-state index contributed by atoms with van der Waals surface area (Å²) in [4.78, 5) is -0.272. The Kier molecular flexibility index (Phi) is 7.62. The topological polar surface area (TPSA) is 55.2 Å². The molecule has 0 bridgehead atoms. The van der Waals surface area contributed by atoms with Crippen LogP contribution in [0.1, 0.15) is 48.9 Å². The summed E-state index contributed by atoms with van der Waals surface area (Å²) in [7, 11) is -4.04. The number of hydrogen-bond acceptors (Lipinski definition) is 3. The van der Waals surface area contributed by atoms with Crippen LogP contribution in [0.5, 0.6) is 0 Å². The van der Waals surface area contributed by atoms with Gasteiger partial charge in [-0.05, 0) is 73.6 Å². The highest BCUT2D eigenvalue weighted by Crippen LogP contribution is 2.47. The van der Waals surface area contributed by atoms with Crippen molar-refractivity contribution in [2.24, 2.45) is 5.92 Å². The monoisotopic (exact) mass is 573 g/mol. The molecule has 1 aromatic heterocycles. The number of aryl methyl sites for hydroxylation is 1. The second-order valence-electron chi connectivity index (χ2n) is 11.0. The van der Waals surface area contributed by atoms with Gasteiger partial charge in [0.1, 0.15) is 16.5 Å². The first-order valence-corrected chi connectivity index (χ1v) is 15.6. The van der Waals surface area contributed by atoms with Crippen molar-refractivity contribution in [3.63, 3.8) is 0 Å². The third-order valence-electron chi connectivity index (χ3n) is 8.52. The quantitative estimate of drug-likeness (QED) is 0.206. The highest BCUT2D eigenvalue weighted by Gasteiger charge is 2.39. The zero-order valence-electron chi connectivity index (χ0n) is 23.0. The van der Waals surface area contributed by atoms with Gasteiger partial charge >= 0.3 is 0 Å². The number of benzene rings is 3. The molecular weight excluding hydrogens is 540 g/mol. The maximum Gasteiger partial charge on any atom is 0.246 e. The summed E-state index contributed by atoms with van der Waals surface area (Å²) in [5.41, 5.74) is 6.79. The summed E-state index contributed by atoms with van der Waals surface area (Å²) in [5.74, 6) is -0.889. The van der Waals surface area contributed by atoms with Crippen molar-refractivity contribution in [1.82, 2.24) is 14.1 Å². The summed E-state index contributed by atoms with van der Waals surface area (Å²) in [6.45, 7) is 2.79. The van der Waals surface area contributed by atoms with E-state index in [4.69, 9.17) is 0 Å². The number of nitrogens with zero attached hydrogens (tertiary/aromatic N) is 3. The first kappa shape index (κ1) is 27.5. The average molecular weight is 574 g/mol. The zero-order valence-corrected chi connectivity index (χ0v) is 23.8. The highest BCUT2D eigenvalue weighted by molar-refractivity contribution is 7.89. The minimum Gasteiger partial charge on any atom is -0.237 e. The number of fused-ring (bicyclic) bond motifs is 1. The fraction of sp³-hybridized carbons (Fsp3) is 0.303. The standard InChI is InChI=1S/C33H33F2N3O2S/c1-23-29-21-36-38(28-17-15-27(34)16-18-28)31(29)20-25-13-14-26(33(23)25)22-37(19-7-10-24-8-3-2-4-9-24)41(39,40)32-12-6-5-11-30(32)35/h2-6,8-9,11-12,15-18,21,23,26H,7,10,13-14,19-20,22H2,1H3/t23-,26+/m0/s1. The van der Waals surface area contributed by atoms with E-state index in [-0.39, 0.29) is 22.5 Å². The summed E-state index contributed by atoms with van der Waals surface area (Å²) in [6.07, 6.45) is 5.74. The molecule has 1 heterocycles. The van der Waals surface area contributed by atoms with E-state index >= 15 is 0 Å². The average Bonchev–Trinajstić information content (AvgIpc) is 3.58. The minimum atomic E-state index is -4.04. The van der Waals surface area contributed by atoms with E-state index in [1.807, 2.05) is 41.2 Å². The van der Waals surface area contributed by atoms with E-state index in [1.165, 1.54) is 45.8 Å². The van der Waals surface area contributed by atoms with Crippen molar-refractivity contribution in [2.75, 3.05) is 13.1 Å². The van der Waals surface area contributed by atoms with Gasteiger partial charge in [0.2, 0.25) is 10.0 Å². The lowest BCUT2D eigenvalue weighted by atomic mass is 9.80. The summed E-state index contributed by atoms with van der Waals surface area (Å²) in [5, 5.41) is 4.64. The first-order chi connectivity index (χ1) is 19.8. The van der Waals surface area contributed by atoms with E-state index in [0.29, 0.717) is 19.5 Å². The summed E-state index contributed by atoms with van der Waals surface area (Å²) in [6, 6.07) is 22.0. The fourth-order valence-electron chi connectivity index (χ4n) is 6.53. The molecule has 0 N–H and O–H groups in total. The van der Waals surface area contributed by atoms with Gasteiger partial charge in [-0.2, -0.15) is 9.40 Å². The third kappa shape index (κ3) is 5.38. The highest BCUT2D eigenvalue weighted by atomic mass is 32.2. The van der Waals surface area contributed by atoms with Crippen LogP contribution in [0.3, 0.4) is 0 Å². The molecule has 5 nitrogen and oxygen atoms in total. The predicted molar refractivity (Wildman–Crippen MR) is 155 cm³/mol. The maximum atomic E-state index is 14.8. The van der Waals surface area contributed by atoms with Gasteiger partial charge in [0.25, 0.3) is 0 Å². The van der Waals surface area contributed by atoms with Crippen LogP contribution in [0.25, 0.3) is 5.69 Å². The normalized spacial score (nSPS) is 18.5. The lowest BCUT2D eigenvalue weighted by molar-refractivity contribution is 0.351. The molecule has 0 amide bonds. The molecule has 3 aromatic carbocycles. The molecule has 0 radical (unpaired) electrons. The van der Waals surface area contributed by atoms with Crippen molar-refractivity contribution >= 4 is 10.0 Å². The molecular formula is C33H33F2N3O2S. The van der Waals surface area contributed by atoms with Crippen molar-refractivity contribution in [2.45, 2.75) is 49.8 Å². The van der Waals surface area contributed by atoms with Gasteiger partial charge in [0.15, 0.2) is 0 Å². The number of allylic oxidation sites excluding steroid dienone is 1. The SMILES string of the molecule is C[C@@H]1C2=C(CC[C@@H]2CN(CCCc2ccccc2)S(=O)(=O)c2ccccc2F)Cc2c1cnn2-c1ccc(F)cc1. The van der Waals surface area contributed by atoms with Crippen LogP contribution in [0, 0.1) is 17.6 Å². The molecule has 0 fully saturated rings. The van der Waals surface area contributed by atoms with Gasteiger partial charge in [0, 0.05) is 31.0 Å². The van der Waals surface area contributed by atoms with Crippen LogP contribution in [-0.2, 0) is 22.9 Å². The van der Waals surface area contributed by atoms with Crippen molar-refractivity contribution in [3.8, 4) is 5.69 Å². The van der Waals surface area contributed by atoms with Gasteiger partial charge in [0.05, 0.1) is 17.6 Å². The Balaban J connectivity index is 1.27. The van der Waals surface area contributed by atoms with E-state index in [0.717, 1.165) is 48.2 Å². The largest absolute Gasteiger partial charge is 0.246 e. The first-order valence-electron chi connectivity index (χ1n) is 14.2. The maximum absolute atomic E-state index is 14.8. The van der Waals surface area contributed by atoms with E-state index in [9.17, 15) is 17.2 Å². The molecule has 41 heavy (non-hydrogen) atoms. The van der Waals surface area contributed by atoms with Crippen LogP contribution < -0.4 is 0 Å². The molecule has 8 heteroatoms. The van der Waals surface area contributed by atoms with Gasteiger partial charge in [-0.15, -0.1) is 0 Å². The molecule has 0 unspecified atom stereocenters. The molecule has 212 valence electrons. The molecule has 0 aliphatic heterocycles. The smallest absolute Gasteiger partial charge is 0.237 e. The van der Waals surface area contributed by atoms with E-state index in [1.54, 1.807) is 18.2 Å². The van der Waals surface area contributed by atoms with Crippen LogP contribution in [0.2, 0.25) is 0 Å². The van der Waals surface area contributed by atoms with Gasteiger partial charge in [-0.3, -0.25) is 0 Å². The number of sulfonamides is 1. The minimum absolute atomic E-state index is 0.0422. The number of hydrogen-bond donors (Lipinski definition) is 0. The molecule has 0 saturated heterocycles. The molecule has 4 aromatic rings. The van der Waals surface area contributed by atoms with Gasteiger partial charge < -0.3 is 0 Å². The number of rotatable bonds is 9. The Morgan fingerprint density at radius 1 is 0.976 bits per heavy atom. The second-order valence-corrected chi connectivity index (χ2v) is 12.9.